The molecule has 0 atom stereocenters. The van der Waals surface area contributed by atoms with Crippen LogP contribution in [-0.4, -0.2) is 13.2 Å². The first-order valence-electron chi connectivity index (χ1n) is 1.33. The van der Waals surface area contributed by atoms with Crippen molar-refractivity contribution in [2.45, 2.75) is 6.36 Å². The van der Waals surface area contributed by atoms with Crippen LogP contribution in [0.2, 0.25) is 0 Å². The van der Waals surface area contributed by atoms with Crippen molar-refractivity contribution in [3.05, 3.63) is 0 Å². The second kappa shape index (κ2) is 2.11. The number of ether oxygens (including phenoxy) is 1. The topological polar surface area (TPSA) is 9.23 Å². The van der Waals surface area contributed by atoms with E-state index >= 15 is 0 Å². The first-order valence-corrected chi connectivity index (χ1v) is 1.33. The Hall–Kier alpha value is -0.320. The molecule has 0 rings (SSSR count). The second-order valence-electron chi connectivity index (χ2n) is 0.699. The maximum absolute atomic E-state index is 10.6. The molecule has 0 aliphatic heterocycles. The maximum atomic E-state index is 10.6. The molecule has 0 aromatic carbocycles. The van der Waals surface area contributed by atoms with Crippen LogP contribution < -0.4 is 0 Å². The van der Waals surface area contributed by atoms with Gasteiger partial charge < -0.3 is 0 Å². The van der Waals surface area contributed by atoms with Crippen LogP contribution in [0.1, 0.15) is 0 Å². The minimum Gasteiger partial charge on any atom is -0.260 e. The van der Waals surface area contributed by atoms with Gasteiger partial charge in [-0.25, -0.2) is 4.39 Å². The van der Waals surface area contributed by atoms with E-state index in [9.17, 15) is 17.6 Å². The molecule has 0 N–H and O–H groups in total. The van der Waals surface area contributed by atoms with E-state index in [4.69, 9.17) is 0 Å². The van der Waals surface area contributed by atoms with Gasteiger partial charge in [0, 0.05) is 0 Å². The number of hydrogen-bond acceptors (Lipinski definition) is 1. The molecule has 0 spiro atoms. The first kappa shape index (κ1) is 6.68. The normalized spacial score (nSPS) is 12.0. The van der Waals surface area contributed by atoms with Gasteiger partial charge >= 0.3 is 6.36 Å². The molecule has 1 nitrogen and oxygen atoms in total. The van der Waals surface area contributed by atoms with Gasteiger partial charge in [0.15, 0.2) is 6.86 Å². The van der Waals surface area contributed by atoms with Gasteiger partial charge in [0.05, 0.1) is 0 Å². The van der Waals surface area contributed by atoms with Gasteiger partial charge in [-0.15, -0.1) is 13.2 Å². The zero-order valence-electron chi connectivity index (χ0n) is 3.13. The number of halogens is 4. The van der Waals surface area contributed by atoms with Crippen LogP contribution in [0.5, 0.6) is 0 Å². The molecule has 0 amide bonds. The standard InChI is InChI=1S/C2H2F4O/c3-1-7-2(4,5)6/h1H2. The maximum Gasteiger partial charge on any atom is 0.524 e. The minimum atomic E-state index is -4.82. The summed E-state index contributed by atoms with van der Waals surface area (Å²) < 4.78 is 44.9. The lowest BCUT2D eigenvalue weighted by atomic mass is 11.3. The van der Waals surface area contributed by atoms with Crippen molar-refractivity contribution < 1.29 is 22.3 Å². The van der Waals surface area contributed by atoms with Gasteiger partial charge in [0.1, 0.15) is 0 Å². The van der Waals surface area contributed by atoms with Crippen LogP contribution in [0.15, 0.2) is 0 Å². The summed E-state index contributed by atoms with van der Waals surface area (Å²) in [5, 5.41) is 0. The third-order valence-electron chi connectivity index (χ3n) is 0.218. The fourth-order valence-electron chi connectivity index (χ4n) is 0.0619. The number of hydrogen-bond donors (Lipinski definition) is 0. The molecule has 5 heteroatoms. The van der Waals surface area contributed by atoms with Gasteiger partial charge in [0.2, 0.25) is 0 Å². The summed E-state index contributed by atoms with van der Waals surface area (Å²) in [6.07, 6.45) is -4.82. The summed E-state index contributed by atoms with van der Waals surface area (Å²) >= 11 is 0. The molecule has 0 aliphatic rings. The fraction of sp³-hybridized carbons (Fsp3) is 1.00. The minimum absolute atomic E-state index is 1.82. The molecule has 0 aromatic rings. The quantitative estimate of drug-likeness (QED) is 0.473. The molecule has 0 saturated carbocycles. The van der Waals surface area contributed by atoms with Gasteiger partial charge in [-0.1, -0.05) is 0 Å². The van der Waals surface area contributed by atoms with E-state index in [1.807, 2.05) is 0 Å². The van der Waals surface area contributed by atoms with E-state index in [0.717, 1.165) is 0 Å². The lowest BCUT2D eigenvalue weighted by molar-refractivity contribution is -0.336. The van der Waals surface area contributed by atoms with Crippen LogP contribution in [0.25, 0.3) is 0 Å². The molecule has 44 valence electrons. The van der Waals surface area contributed by atoms with Crippen LogP contribution in [0.3, 0.4) is 0 Å². The summed E-state index contributed by atoms with van der Waals surface area (Å²) in [6, 6.07) is 0. The van der Waals surface area contributed by atoms with Crippen molar-refractivity contribution in [1.29, 1.82) is 0 Å². The molecule has 0 fully saturated rings. The predicted octanol–water partition coefficient (Wildman–Crippen LogP) is 1.45. The van der Waals surface area contributed by atoms with Crippen molar-refractivity contribution in [2.75, 3.05) is 6.86 Å². The van der Waals surface area contributed by atoms with Crippen molar-refractivity contribution in [3.63, 3.8) is 0 Å². The van der Waals surface area contributed by atoms with Gasteiger partial charge in [-0.2, -0.15) is 0 Å². The zero-order valence-corrected chi connectivity index (χ0v) is 3.13. The Labute approximate surface area is 36.9 Å². The molecular formula is C2H2F4O. The summed E-state index contributed by atoms with van der Waals surface area (Å²) in [5.74, 6) is 0. The SMILES string of the molecule is FCOC(F)(F)F. The molecule has 0 saturated heterocycles. The van der Waals surface area contributed by atoms with E-state index in [-0.39, 0.29) is 0 Å². The van der Waals surface area contributed by atoms with Crippen LogP contribution in [-0.2, 0) is 4.74 Å². The Morgan fingerprint density at radius 1 is 1.29 bits per heavy atom. The highest BCUT2D eigenvalue weighted by Gasteiger charge is 2.28. The molecule has 0 aromatic heterocycles. The Balaban J connectivity index is 3.15. The number of rotatable bonds is 1. The van der Waals surface area contributed by atoms with Crippen LogP contribution >= 0.6 is 0 Å². The van der Waals surface area contributed by atoms with Crippen molar-refractivity contribution in [2.24, 2.45) is 0 Å². The average Bonchev–Trinajstić information content (AvgIpc) is 1.30. The monoisotopic (exact) mass is 118 g/mol. The highest BCUT2D eigenvalue weighted by atomic mass is 19.4. The van der Waals surface area contributed by atoms with E-state index in [1.165, 1.54) is 0 Å². The Morgan fingerprint density at radius 2 is 1.71 bits per heavy atom. The van der Waals surface area contributed by atoms with Gasteiger partial charge in [-0.05, 0) is 0 Å². The molecule has 0 unspecified atom stereocenters. The largest absolute Gasteiger partial charge is 0.524 e. The van der Waals surface area contributed by atoms with E-state index in [2.05, 4.69) is 4.74 Å². The zero-order chi connectivity index (χ0) is 5.91. The summed E-state index contributed by atoms with van der Waals surface area (Å²) in [4.78, 5) is 0. The molecule has 7 heavy (non-hydrogen) atoms. The molecule has 0 aliphatic carbocycles. The lowest BCUT2D eigenvalue weighted by Gasteiger charge is -1.99. The first-order chi connectivity index (χ1) is 3.06. The molecule has 0 radical (unpaired) electrons. The highest BCUT2D eigenvalue weighted by molar-refractivity contribution is 4.17. The third-order valence-corrected chi connectivity index (χ3v) is 0.218. The average molecular weight is 118 g/mol. The second-order valence-corrected chi connectivity index (χ2v) is 0.699. The van der Waals surface area contributed by atoms with Gasteiger partial charge in [-0.3, -0.25) is 4.74 Å². The number of alkyl halides is 4. The Bertz CT molecular complexity index is 48.1. The van der Waals surface area contributed by atoms with E-state index < -0.39 is 13.2 Å². The van der Waals surface area contributed by atoms with Crippen LogP contribution in [0, 0.1) is 0 Å². The smallest absolute Gasteiger partial charge is 0.260 e. The fourth-order valence-corrected chi connectivity index (χ4v) is 0.0619. The predicted molar refractivity (Wildman–Crippen MR) is 13.1 cm³/mol. The summed E-state index contributed by atoms with van der Waals surface area (Å²) in [5.41, 5.74) is 0. The third kappa shape index (κ3) is 5.68. The Kier molecular flexibility index (Phi) is 2.01. The Morgan fingerprint density at radius 3 is 1.71 bits per heavy atom. The molecular weight excluding hydrogens is 116 g/mol. The van der Waals surface area contributed by atoms with Crippen molar-refractivity contribution in [3.8, 4) is 0 Å². The molecule has 0 heterocycles. The van der Waals surface area contributed by atoms with Crippen molar-refractivity contribution >= 4 is 0 Å². The van der Waals surface area contributed by atoms with Gasteiger partial charge in [0.25, 0.3) is 0 Å². The lowest BCUT2D eigenvalue weighted by Crippen LogP contribution is -2.11. The highest BCUT2D eigenvalue weighted by Crippen LogP contribution is 2.15. The van der Waals surface area contributed by atoms with E-state index in [0.29, 0.717) is 0 Å². The van der Waals surface area contributed by atoms with Crippen molar-refractivity contribution in [1.82, 2.24) is 0 Å². The van der Waals surface area contributed by atoms with Crippen LogP contribution in [0.4, 0.5) is 17.6 Å². The van der Waals surface area contributed by atoms with E-state index in [1.54, 1.807) is 0 Å². The summed E-state index contributed by atoms with van der Waals surface area (Å²) in [6.45, 7) is -1.82. The summed E-state index contributed by atoms with van der Waals surface area (Å²) in [7, 11) is 0. The molecule has 0 bridgehead atoms.